The standard InChI is InChI=1S/C22H19ClN4O3/c1-12-20(15-6-3-7-16(23)9-15)26-27-18(11-19(29)25-21(12)27)22(30)24-17-8-4-5-14(10-17)13(2)28/h3-10,18H,11H2,1-2H3,(H,24,30)(H,25,29)/t18-/m1/s1. The smallest absolute Gasteiger partial charge is 0.249 e. The molecule has 0 bridgehead atoms. The Bertz CT molecular complexity index is 1180. The largest absolute Gasteiger partial charge is 0.324 e. The average molecular weight is 423 g/mol. The van der Waals surface area contributed by atoms with Gasteiger partial charge in [-0.15, -0.1) is 0 Å². The molecule has 0 fully saturated rings. The van der Waals surface area contributed by atoms with Gasteiger partial charge in [0.15, 0.2) is 5.78 Å². The predicted molar refractivity (Wildman–Crippen MR) is 115 cm³/mol. The third-order valence-corrected chi connectivity index (χ3v) is 5.25. The molecular weight excluding hydrogens is 404 g/mol. The van der Waals surface area contributed by atoms with Crippen molar-refractivity contribution in [1.29, 1.82) is 0 Å². The molecule has 2 amide bonds. The maximum atomic E-state index is 13.0. The minimum absolute atomic E-state index is 0.0403. The van der Waals surface area contributed by atoms with Gasteiger partial charge in [0.2, 0.25) is 11.8 Å². The number of amides is 2. The van der Waals surface area contributed by atoms with Crippen LogP contribution in [0, 0.1) is 6.92 Å². The summed E-state index contributed by atoms with van der Waals surface area (Å²) >= 11 is 6.11. The van der Waals surface area contributed by atoms with Crippen molar-refractivity contribution in [2.45, 2.75) is 26.3 Å². The van der Waals surface area contributed by atoms with Crippen LogP contribution in [0.2, 0.25) is 5.02 Å². The number of carbonyl (C=O) groups excluding carboxylic acids is 3. The lowest BCUT2D eigenvalue weighted by Gasteiger charge is -2.24. The summed E-state index contributed by atoms with van der Waals surface area (Å²) in [7, 11) is 0. The van der Waals surface area contributed by atoms with E-state index in [1.165, 1.54) is 11.6 Å². The molecule has 3 aromatic rings. The minimum atomic E-state index is -0.818. The topological polar surface area (TPSA) is 93.1 Å². The summed E-state index contributed by atoms with van der Waals surface area (Å²) in [6, 6.07) is 13.1. The van der Waals surface area contributed by atoms with Crippen LogP contribution in [0.25, 0.3) is 11.3 Å². The number of halogens is 1. The highest BCUT2D eigenvalue weighted by atomic mass is 35.5. The summed E-state index contributed by atoms with van der Waals surface area (Å²) in [5, 5.41) is 10.8. The zero-order valence-electron chi connectivity index (χ0n) is 16.4. The lowest BCUT2D eigenvalue weighted by molar-refractivity contribution is -0.125. The molecule has 1 atom stereocenters. The van der Waals surface area contributed by atoms with E-state index >= 15 is 0 Å². The highest BCUT2D eigenvalue weighted by molar-refractivity contribution is 6.30. The second kappa shape index (κ2) is 7.76. The number of aromatic nitrogens is 2. The third kappa shape index (κ3) is 3.71. The lowest BCUT2D eigenvalue weighted by Crippen LogP contribution is -2.36. The van der Waals surface area contributed by atoms with E-state index in [-0.39, 0.29) is 24.0 Å². The molecule has 1 aromatic heterocycles. The molecule has 2 aromatic carbocycles. The van der Waals surface area contributed by atoms with E-state index in [1.807, 2.05) is 19.1 Å². The molecule has 8 heteroatoms. The van der Waals surface area contributed by atoms with E-state index in [9.17, 15) is 14.4 Å². The number of nitrogens with zero attached hydrogens (tertiary/aromatic N) is 2. The van der Waals surface area contributed by atoms with Gasteiger partial charge in [-0.2, -0.15) is 5.10 Å². The first-order valence-corrected chi connectivity index (χ1v) is 9.78. The van der Waals surface area contributed by atoms with Gasteiger partial charge in [0.25, 0.3) is 0 Å². The van der Waals surface area contributed by atoms with Crippen molar-refractivity contribution >= 4 is 40.7 Å². The Morgan fingerprint density at radius 2 is 1.97 bits per heavy atom. The second-order valence-electron chi connectivity index (χ2n) is 7.17. The highest BCUT2D eigenvalue weighted by Gasteiger charge is 2.34. The van der Waals surface area contributed by atoms with Gasteiger partial charge < -0.3 is 10.6 Å². The molecule has 1 aliphatic heterocycles. The number of rotatable bonds is 4. The number of carbonyl (C=O) groups is 3. The molecule has 2 heterocycles. The van der Waals surface area contributed by atoms with Gasteiger partial charge in [0, 0.05) is 27.4 Å². The quantitative estimate of drug-likeness (QED) is 0.615. The van der Waals surface area contributed by atoms with Crippen LogP contribution in [0.3, 0.4) is 0 Å². The number of anilines is 2. The first kappa shape index (κ1) is 19.8. The summed E-state index contributed by atoms with van der Waals surface area (Å²) in [4.78, 5) is 36.9. The van der Waals surface area contributed by atoms with Crippen molar-refractivity contribution in [2.24, 2.45) is 0 Å². The molecule has 152 valence electrons. The van der Waals surface area contributed by atoms with Crippen LogP contribution in [-0.4, -0.2) is 27.4 Å². The number of hydrogen-bond acceptors (Lipinski definition) is 4. The van der Waals surface area contributed by atoms with E-state index in [2.05, 4.69) is 15.7 Å². The summed E-state index contributed by atoms with van der Waals surface area (Å²) in [6.07, 6.45) is -0.0403. The summed E-state index contributed by atoms with van der Waals surface area (Å²) in [5.41, 5.74) is 3.17. The Hall–Kier alpha value is -3.45. The Labute approximate surface area is 178 Å². The van der Waals surface area contributed by atoms with Crippen LogP contribution in [-0.2, 0) is 9.59 Å². The van der Waals surface area contributed by atoms with Crippen LogP contribution < -0.4 is 10.6 Å². The molecule has 0 saturated carbocycles. The van der Waals surface area contributed by atoms with Gasteiger partial charge in [-0.25, -0.2) is 4.68 Å². The minimum Gasteiger partial charge on any atom is -0.324 e. The molecule has 0 radical (unpaired) electrons. The lowest BCUT2D eigenvalue weighted by atomic mass is 10.1. The number of nitrogens with one attached hydrogen (secondary N) is 2. The fraction of sp³-hybridized carbons (Fsp3) is 0.182. The van der Waals surface area contributed by atoms with Crippen LogP contribution in [0.4, 0.5) is 11.5 Å². The van der Waals surface area contributed by atoms with E-state index in [0.717, 1.165) is 11.1 Å². The molecule has 0 saturated heterocycles. The van der Waals surface area contributed by atoms with Crippen LogP contribution in [0.1, 0.15) is 35.3 Å². The molecular formula is C22H19ClN4O3. The van der Waals surface area contributed by atoms with Crippen LogP contribution in [0.15, 0.2) is 48.5 Å². The van der Waals surface area contributed by atoms with E-state index < -0.39 is 6.04 Å². The highest BCUT2D eigenvalue weighted by Crippen LogP contribution is 2.35. The zero-order chi connectivity index (χ0) is 21.4. The van der Waals surface area contributed by atoms with Crippen molar-refractivity contribution in [3.8, 4) is 11.3 Å². The first-order chi connectivity index (χ1) is 14.3. The zero-order valence-corrected chi connectivity index (χ0v) is 17.2. The number of Topliss-reactive ketones (excluding diaryl/α,β-unsaturated/α-hetero) is 1. The SMILES string of the molecule is CC(=O)c1cccc(NC(=O)[C@H]2CC(=O)Nc3c(C)c(-c4cccc(Cl)c4)nn32)c1. The maximum Gasteiger partial charge on any atom is 0.249 e. The van der Waals surface area contributed by atoms with Gasteiger partial charge >= 0.3 is 0 Å². The number of benzene rings is 2. The number of hydrogen-bond donors (Lipinski definition) is 2. The van der Waals surface area contributed by atoms with Gasteiger partial charge in [-0.05, 0) is 38.1 Å². The van der Waals surface area contributed by atoms with E-state index in [0.29, 0.717) is 27.8 Å². The summed E-state index contributed by atoms with van der Waals surface area (Å²) in [5.74, 6) is -0.258. The van der Waals surface area contributed by atoms with Crippen molar-refractivity contribution in [1.82, 2.24) is 9.78 Å². The summed E-state index contributed by atoms with van der Waals surface area (Å²) < 4.78 is 1.54. The van der Waals surface area contributed by atoms with Crippen molar-refractivity contribution in [3.63, 3.8) is 0 Å². The Morgan fingerprint density at radius 3 is 2.70 bits per heavy atom. The van der Waals surface area contributed by atoms with E-state index in [1.54, 1.807) is 36.4 Å². The average Bonchev–Trinajstić information content (AvgIpc) is 3.04. The summed E-state index contributed by atoms with van der Waals surface area (Å²) in [6.45, 7) is 3.30. The molecule has 30 heavy (non-hydrogen) atoms. The third-order valence-electron chi connectivity index (χ3n) is 5.02. The van der Waals surface area contributed by atoms with Gasteiger partial charge in [-0.3, -0.25) is 14.4 Å². The van der Waals surface area contributed by atoms with Crippen molar-refractivity contribution in [2.75, 3.05) is 10.6 Å². The Kier molecular flexibility index (Phi) is 5.13. The van der Waals surface area contributed by atoms with Gasteiger partial charge in [0.05, 0.1) is 12.1 Å². The van der Waals surface area contributed by atoms with Crippen molar-refractivity contribution < 1.29 is 14.4 Å². The molecule has 0 spiro atoms. The van der Waals surface area contributed by atoms with Crippen molar-refractivity contribution in [3.05, 3.63) is 64.7 Å². The monoisotopic (exact) mass is 422 g/mol. The fourth-order valence-corrected chi connectivity index (χ4v) is 3.68. The second-order valence-corrected chi connectivity index (χ2v) is 7.61. The number of ketones is 1. The van der Waals surface area contributed by atoms with E-state index in [4.69, 9.17) is 11.6 Å². The van der Waals surface area contributed by atoms with Crippen LogP contribution in [0.5, 0.6) is 0 Å². The fourth-order valence-electron chi connectivity index (χ4n) is 3.49. The molecule has 4 rings (SSSR count). The Balaban J connectivity index is 1.69. The molecule has 0 aliphatic carbocycles. The first-order valence-electron chi connectivity index (χ1n) is 9.40. The molecule has 2 N–H and O–H groups in total. The van der Waals surface area contributed by atoms with Gasteiger partial charge in [-0.1, -0.05) is 35.9 Å². The molecule has 0 unspecified atom stereocenters. The predicted octanol–water partition coefficient (Wildman–Crippen LogP) is 4.24. The maximum absolute atomic E-state index is 13.0. The van der Waals surface area contributed by atoms with Crippen LogP contribution >= 0.6 is 11.6 Å². The Morgan fingerprint density at radius 1 is 1.20 bits per heavy atom. The number of fused-ring (bicyclic) bond motifs is 1. The molecule has 7 nitrogen and oxygen atoms in total. The normalized spacial score (nSPS) is 15.3. The van der Waals surface area contributed by atoms with Gasteiger partial charge in [0.1, 0.15) is 11.9 Å². The molecule has 1 aliphatic rings.